The first kappa shape index (κ1) is 9.97. The highest BCUT2D eigenvalue weighted by atomic mass is 16.2. The maximum atomic E-state index is 11.6. The molecule has 0 aliphatic carbocycles. The van der Waals surface area contributed by atoms with Crippen LogP contribution >= 0.6 is 0 Å². The lowest BCUT2D eigenvalue weighted by atomic mass is 10.00. The molecule has 0 fully saturated rings. The largest absolute Gasteiger partial charge is 0.335 e. The molecule has 0 atom stereocenters. The van der Waals surface area contributed by atoms with E-state index in [4.69, 9.17) is 0 Å². The van der Waals surface area contributed by atoms with E-state index in [0.717, 1.165) is 19.5 Å². The minimum absolute atomic E-state index is 0.118. The van der Waals surface area contributed by atoms with Gasteiger partial charge < -0.3 is 4.90 Å². The van der Waals surface area contributed by atoms with Crippen molar-refractivity contribution in [1.82, 2.24) is 4.90 Å². The van der Waals surface area contributed by atoms with Crippen LogP contribution in [0, 0.1) is 0 Å². The molecule has 2 heteroatoms. The first-order valence-corrected chi connectivity index (χ1v) is 5.29. The van der Waals surface area contributed by atoms with E-state index in [2.05, 4.69) is 18.2 Å². The van der Waals surface area contributed by atoms with Gasteiger partial charge in [-0.25, -0.2) is 0 Å². The number of carbonyl (C=O) groups is 1. The fourth-order valence-corrected chi connectivity index (χ4v) is 1.93. The Balaban J connectivity index is 2.15. The van der Waals surface area contributed by atoms with E-state index >= 15 is 0 Å². The van der Waals surface area contributed by atoms with Crippen molar-refractivity contribution in [3.05, 3.63) is 47.5 Å². The van der Waals surface area contributed by atoms with Gasteiger partial charge in [0.05, 0.1) is 0 Å². The van der Waals surface area contributed by atoms with Crippen molar-refractivity contribution in [2.24, 2.45) is 0 Å². The van der Waals surface area contributed by atoms with Crippen LogP contribution in [0.1, 0.15) is 18.1 Å². The lowest BCUT2D eigenvalue weighted by Crippen LogP contribution is -2.34. The Kier molecular flexibility index (Phi) is 2.86. The second-order valence-electron chi connectivity index (χ2n) is 3.78. The molecule has 0 radical (unpaired) electrons. The normalized spacial score (nSPS) is 15.4. The Labute approximate surface area is 90.2 Å². The van der Waals surface area contributed by atoms with Gasteiger partial charge in [0.15, 0.2) is 0 Å². The van der Waals surface area contributed by atoms with Crippen LogP contribution in [0.4, 0.5) is 0 Å². The third-order valence-electron chi connectivity index (χ3n) is 2.75. The fraction of sp³-hybridized carbons (Fsp3) is 0.308. The van der Waals surface area contributed by atoms with Crippen LogP contribution in [-0.4, -0.2) is 17.4 Å². The average molecular weight is 201 g/mol. The molecule has 0 N–H and O–H groups in total. The van der Waals surface area contributed by atoms with Gasteiger partial charge in [0.2, 0.25) is 5.91 Å². The standard InChI is InChI=1S/C13H15NO/c1-2-5-13(15)14-9-8-11-6-3-4-7-12(11)10-14/h2-7H,8-10H2,1H3. The van der Waals surface area contributed by atoms with Crippen molar-refractivity contribution in [3.8, 4) is 0 Å². The molecule has 0 unspecified atom stereocenters. The van der Waals surface area contributed by atoms with Crippen molar-refractivity contribution in [1.29, 1.82) is 0 Å². The van der Waals surface area contributed by atoms with Crippen LogP contribution in [0.5, 0.6) is 0 Å². The Morgan fingerprint density at radius 3 is 2.80 bits per heavy atom. The molecule has 15 heavy (non-hydrogen) atoms. The zero-order chi connectivity index (χ0) is 10.7. The first-order valence-electron chi connectivity index (χ1n) is 5.29. The Morgan fingerprint density at radius 1 is 1.33 bits per heavy atom. The van der Waals surface area contributed by atoms with Gasteiger partial charge in [-0.1, -0.05) is 30.3 Å². The van der Waals surface area contributed by atoms with Gasteiger partial charge >= 0.3 is 0 Å². The maximum absolute atomic E-state index is 11.6. The molecule has 0 spiro atoms. The number of hydrogen-bond donors (Lipinski definition) is 0. The summed E-state index contributed by atoms with van der Waals surface area (Å²) in [4.78, 5) is 13.5. The average Bonchev–Trinajstić information content (AvgIpc) is 2.29. The van der Waals surface area contributed by atoms with Gasteiger partial charge in [0.1, 0.15) is 0 Å². The SMILES string of the molecule is CC=CC(=O)N1CCc2ccccc2C1. The van der Waals surface area contributed by atoms with Crippen molar-refractivity contribution in [2.75, 3.05) is 6.54 Å². The van der Waals surface area contributed by atoms with Crippen LogP contribution in [0.3, 0.4) is 0 Å². The van der Waals surface area contributed by atoms with E-state index in [1.54, 1.807) is 12.2 Å². The van der Waals surface area contributed by atoms with Crippen LogP contribution in [0.25, 0.3) is 0 Å². The molecule has 1 aliphatic heterocycles. The minimum atomic E-state index is 0.118. The number of fused-ring (bicyclic) bond motifs is 1. The summed E-state index contributed by atoms with van der Waals surface area (Å²) in [5.41, 5.74) is 2.66. The molecule has 0 saturated heterocycles. The number of amides is 1. The van der Waals surface area contributed by atoms with E-state index in [-0.39, 0.29) is 5.91 Å². The highest BCUT2D eigenvalue weighted by Crippen LogP contribution is 2.18. The monoisotopic (exact) mass is 201 g/mol. The van der Waals surface area contributed by atoms with Crippen LogP contribution in [0.2, 0.25) is 0 Å². The topological polar surface area (TPSA) is 20.3 Å². The molecule has 2 rings (SSSR count). The second-order valence-corrected chi connectivity index (χ2v) is 3.78. The third-order valence-corrected chi connectivity index (χ3v) is 2.75. The molecule has 0 aromatic heterocycles. The van der Waals surface area contributed by atoms with E-state index in [9.17, 15) is 4.79 Å². The fourth-order valence-electron chi connectivity index (χ4n) is 1.93. The van der Waals surface area contributed by atoms with Gasteiger partial charge in [0.25, 0.3) is 0 Å². The summed E-state index contributed by atoms with van der Waals surface area (Å²) in [7, 11) is 0. The number of allylic oxidation sites excluding steroid dienone is 1. The molecule has 78 valence electrons. The van der Waals surface area contributed by atoms with Crippen molar-refractivity contribution < 1.29 is 4.79 Å². The molecule has 1 aromatic carbocycles. The van der Waals surface area contributed by atoms with Gasteiger partial charge in [0, 0.05) is 13.1 Å². The first-order chi connectivity index (χ1) is 7.31. The Bertz CT molecular complexity index is 395. The predicted molar refractivity (Wildman–Crippen MR) is 60.4 cm³/mol. The number of hydrogen-bond acceptors (Lipinski definition) is 1. The number of rotatable bonds is 1. The summed E-state index contributed by atoms with van der Waals surface area (Å²) < 4.78 is 0. The minimum Gasteiger partial charge on any atom is -0.335 e. The van der Waals surface area contributed by atoms with E-state index < -0.39 is 0 Å². The molecule has 1 aromatic rings. The number of nitrogens with zero attached hydrogens (tertiary/aromatic N) is 1. The highest BCUT2D eigenvalue weighted by Gasteiger charge is 2.17. The Hall–Kier alpha value is -1.57. The van der Waals surface area contributed by atoms with E-state index in [1.165, 1.54) is 11.1 Å². The van der Waals surface area contributed by atoms with Gasteiger partial charge in [-0.3, -0.25) is 4.79 Å². The number of carbonyl (C=O) groups excluding carboxylic acids is 1. The smallest absolute Gasteiger partial charge is 0.246 e. The van der Waals surface area contributed by atoms with E-state index in [0.29, 0.717) is 0 Å². The van der Waals surface area contributed by atoms with Crippen molar-refractivity contribution in [3.63, 3.8) is 0 Å². The lowest BCUT2D eigenvalue weighted by molar-refractivity contribution is -0.126. The summed E-state index contributed by atoms with van der Waals surface area (Å²) in [6.07, 6.45) is 4.40. The van der Waals surface area contributed by atoms with Crippen molar-refractivity contribution in [2.45, 2.75) is 19.9 Å². The number of benzene rings is 1. The van der Waals surface area contributed by atoms with Crippen LogP contribution in [-0.2, 0) is 17.8 Å². The molecule has 1 aliphatic rings. The lowest BCUT2D eigenvalue weighted by Gasteiger charge is -2.27. The van der Waals surface area contributed by atoms with Crippen LogP contribution in [0.15, 0.2) is 36.4 Å². The molecule has 2 nitrogen and oxygen atoms in total. The Morgan fingerprint density at radius 2 is 2.07 bits per heavy atom. The van der Waals surface area contributed by atoms with Gasteiger partial charge in [-0.2, -0.15) is 0 Å². The summed E-state index contributed by atoms with van der Waals surface area (Å²) in [5, 5.41) is 0. The van der Waals surface area contributed by atoms with Crippen LogP contribution < -0.4 is 0 Å². The summed E-state index contributed by atoms with van der Waals surface area (Å²) in [5.74, 6) is 0.118. The molecular weight excluding hydrogens is 186 g/mol. The molecule has 0 bridgehead atoms. The summed E-state index contributed by atoms with van der Waals surface area (Å²) in [6, 6.07) is 8.34. The zero-order valence-electron chi connectivity index (χ0n) is 8.94. The zero-order valence-corrected chi connectivity index (χ0v) is 8.94. The maximum Gasteiger partial charge on any atom is 0.246 e. The summed E-state index contributed by atoms with van der Waals surface area (Å²) in [6.45, 7) is 3.45. The molecule has 1 amide bonds. The van der Waals surface area contributed by atoms with Gasteiger partial charge in [-0.05, 0) is 30.5 Å². The quantitative estimate of drug-likeness (QED) is 0.637. The molecule has 1 heterocycles. The third kappa shape index (κ3) is 2.09. The van der Waals surface area contributed by atoms with E-state index in [1.807, 2.05) is 17.9 Å². The predicted octanol–water partition coefficient (Wildman–Crippen LogP) is 2.15. The van der Waals surface area contributed by atoms with Gasteiger partial charge in [-0.15, -0.1) is 0 Å². The van der Waals surface area contributed by atoms with Crippen molar-refractivity contribution >= 4 is 5.91 Å². The molecule has 0 saturated carbocycles. The second kappa shape index (κ2) is 4.30. The highest BCUT2D eigenvalue weighted by molar-refractivity contribution is 5.87. The molecular formula is C13H15NO. The summed E-state index contributed by atoms with van der Waals surface area (Å²) >= 11 is 0.